The van der Waals surface area contributed by atoms with Crippen molar-refractivity contribution in [1.29, 1.82) is 0 Å². The minimum Gasteiger partial charge on any atom is -0.465 e. The molecule has 1 saturated heterocycles. The summed E-state index contributed by atoms with van der Waals surface area (Å²) in [6.07, 6.45) is 5.16. The van der Waals surface area contributed by atoms with Crippen molar-refractivity contribution in [3.05, 3.63) is 64.3 Å². The highest BCUT2D eigenvalue weighted by molar-refractivity contribution is 9.10. The second-order valence-electron chi connectivity index (χ2n) is 7.06. The molecule has 136 valence electrons. The number of amides is 1. The monoisotopic (exact) mass is 423 g/mol. The van der Waals surface area contributed by atoms with Gasteiger partial charge in [-0.05, 0) is 42.5 Å². The van der Waals surface area contributed by atoms with Crippen molar-refractivity contribution in [2.45, 2.75) is 18.6 Å². The Morgan fingerprint density at radius 2 is 2.00 bits per heavy atom. The first-order valence-corrected chi connectivity index (χ1v) is 9.81. The highest BCUT2D eigenvalue weighted by Gasteiger charge is 2.39. The van der Waals surface area contributed by atoms with E-state index in [2.05, 4.69) is 20.9 Å². The lowest BCUT2D eigenvalue weighted by Gasteiger charge is -2.40. The molecule has 3 heterocycles. The second kappa shape index (κ2) is 6.23. The van der Waals surface area contributed by atoms with Crippen molar-refractivity contribution in [3.8, 4) is 5.75 Å². The van der Waals surface area contributed by atoms with Crippen LogP contribution in [0, 0.1) is 0 Å². The molecular weight excluding hydrogens is 406 g/mol. The van der Waals surface area contributed by atoms with Crippen LogP contribution in [0.5, 0.6) is 5.75 Å². The lowest BCUT2D eigenvalue weighted by atomic mass is 9.98. The van der Waals surface area contributed by atoms with Crippen LogP contribution in [0.4, 0.5) is 0 Å². The van der Waals surface area contributed by atoms with Crippen molar-refractivity contribution >= 4 is 39.0 Å². The van der Waals surface area contributed by atoms with Crippen LogP contribution in [-0.4, -0.2) is 40.8 Å². The quantitative estimate of drug-likeness (QED) is 0.631. The smallest absolute Gasteiger partial charge is 0.253 e. The molecule has 1 fully saturated rings. The summed E-state index contributed by atoms with van der Waals surface area (Å²) in [6.45, 7) is 1.26. The zero-order valence-corrected chi connectivity index (χ0v) is 16.2. The third kappa shape index (κ3) is 2.94. The molecule has 1 spiro atoms. The Hall–Kier alpha value is -2.60. The molecule has 0 bridgehead atoms. The van der Waals surface area contributed by atoms with Crippen LogP contribution in [0.1, 0.15) is 28.8 Å². The number of likely N-dealkylation sites (tertiary alicyclic amines) is 1. The molecule has 0 atom stereocenters. The molecule has 1 aromatic heterocycles. The topological polar surface area (TPSA) is 57.7 Å². The predicted molar refractivity (Wildman–Crippen MR) is 109 cm³/mol. The Kier molecular flexibility index (Phi) is 3.82. The number of H-pyrrole nitrogens is 1. The molecule has 2 aliphatic rings. The van der Waals surface area contributed by atoms with Gasteiger partial charge in [0.1, 0.15) is 5.75 Å². The highest BCUT2D eigenvalue weighted by atomic mass is 79.9. The van der Waals surface area contributed by atoms with Crippen LogP contribution in [0.25, 0.3) is 10.9 Å². The van der Waals surface area contributed by atoms with Gasteiger partial charge in [-0.2, -0.15) is 0 Å². The van der Waals surface area contributed by atoms with E-state index < -0.39 is 5.72 Å². The number of hydrogen-bond donors (Lipinski definition) is 1. The fourth-order valence-electron chi connectivity index (χ4n) is 3.79. The normalized spacial score (nSPS) is 17.7. The number of aromatic amines is 1. The van der Waals surface area contributed by atoms with Gasteiger partial charge in [0.25, 0.3) is 5.91 Å². The van der Waals surface area contributed by atoms with Gasteiger partial charge >= 0.3 is 0 Å². The molecule has 5 rings (SSSR count). The molecule has 2 aromatic carbocycles. The van der Waals surface area contributed by atoms with Crippen molar-refractivity contribution < 1.29 is 9.53 Å². The second-order valence-corrected chi connectivity index (χ2v) is 7.98. The molecule has 0 saturated carbocycles. The third-order valence-electron chi connectivity index (χ3n) is 5.34. The number of rotatable bonds is 1. The van der Waals surface area contributed by atoms with E-state index in [1.807, 2.05) is 59.8 Å². The van der Waals surface area contributed by atoms with Crippen LogP contribution < -0.4 is 4.74 Å². The Bertz CT molecular complexity index is 1060. The molecular formula is C21H18BrN3O2. The Morgan fingerprint density at radius 3 is 2.85 bits per heavy atom. The number of fused-ring (bicyclic) bond motifs is 2. The van der Waals surface area contributed by atoms with Gasteiger partial charge in [-0.3, -0.25) is 4.79 Å². The van der Waals surface area contributed by atoms with Gasteiger partial charge < -0.3 is 14.6 Å². The average molecular weight is 424 g/mol. The van der Waals surface area contributed by atoms with Crippen LogP contribution in [0.15, 0.2) is 58.1 Å². The largest absolute Gasteiger partial charge is 0.465 e. The molecule has 1 N–H and O–H groups in total. The van der Waals surface area contributed by atoms with E-state index in [-0.39, 0.29) is 5.91 Å². The summed E-state index contributed by atoms with van der Waals surface area (Å²) in [7, 11) is 0. The number of aromatic nitrogens is 1. The van der Waals surface area contributed by atoms with Crippen molar-refractivity contribution in [3.63, 3.8) is 0 Å². The third-order valence-corrected chi connectivity index (χ3v) is 5.84. The van der Waals surface area contributed by atoms with Crippen molar-refractivity contribution in [2.75, 3.05) is 13.1 Å². The highest BCUT2D eigenvalue weighted by Crippen LogP contribution is 2.36. The maximum Gasteiger partial charge on any atom is 0.253 e. The number of piperidine rings is 1. The molecule has 2 aliphatic heterocycles. The lowest BCUT2D eigenvalue weighted by molar-refractivity contribution is 0.00823. The molecule has 0 unspecified atom stereocenters. The van der Waals surface area contributed by atoms with Gasteiger partial charge in [-0.15, -0.1) is 0 Å². The van der Waals surface area contributed by atoms with Gasteiger partial charge in [0.15, 0.2) is 0 Å². The number of aliphatic imine (C=N–C) groups is 1. The maximum absolute atomic E-state index is 12.9. The standard InChI is InChI=1S/C21H18BrN3O2/c22-17-2-4-19-16(12-17)13-24-21(27-19)6-9-25(10-7-21)20(26)15-1-3-18-14(11-15)5-8-23-18/h1-5,8,11-13,23H,6-7,9-10H2. The summed E-state index contributed by atoms with van der Waals surface area (Å²) in [5.74, 6) is 0.919. The molecule has 27 heavy (non-hydrogen) atoms. The summed E-state index contributed by atoms with van der Waals surface area (Å²) in [5, 5.41) is 1.05. The number of hydrogen-bond acceptors (Lipinski definition) is 3. The SMILES string of the molecule is O=C(c1ccc2[nH]ccc2c1)N1CCC2(CC1)N=Cc1cc(Br)ccc1O2. The Morgan fingerprint density at radius 1 is 1.15 bits per heavy atom. The molecule has 6 heteroatoms. The summed E-state index contributed by atoms with van der Waals surface area (Å²) in [6, 6.07) is 13.7. The van der Waals surface area contributed by atoms with Crippen LogP contribution in [0.2, 0.25) is 0 Å². The predicted octanol–water partition coefficient (Wildman–Crippen LogP) is 4.37. The summed E-state index contributed by atoms with van der Waals surface area (Å²) >= 11 is 3.47. The van der Waals surface area contributed by atoms with E-state index in [4.69, 9.17) is 9.73 Å². The lowest BCUT2D eigenvalue weighted by Crippen LogP contribution is -2.49. The van der Waals surface area contributed by atoms with E-state index in [0.717, 1.165) is 32.3 Å². The first-order chi connectivity index (χ1) is 13.1. The van der Waals surface area contributed by atoms with E-state index in [9.17, 15) is 4.79 Å². The number of nitrogens with zero attached hydrogens (tertiary/aromatic N) is 2. The molecule has 5 nitrogen and oxygen atoms in total. The average Bonchev–Trinajstić information content (AvgIpc) is 3.16. The van der Waals surface area contributed by atoms with Gasteiger partial charge in [0.2, 0.25) is 5.72 Å². The first kappa shape index (κ1) is 16.6. The minimum absolute atomic E-state index is 0.0667. The molecule has 3 aromatic rings. The van der Waals surface area contributed by atoms with E-state index >= 15 is 0 Å². The number of nitrogens with one attached hydrogen (secondary N) is 1. The van der Waals surface area contributed by atoms with Gasteiger partial charge in [-0.1, -0.05) is 15.9 Å². The van der Waals surface area contributed by atoms with Gasteiger partial charge in [-0.25, -0.2) is 4.99 Å². The number of halogens is 1. The number of carbonyl (C=O) groups is 1. The summed E-state index contributed by atoms with van der Waals surface area (Å²) in [5.41, 5.74) is 2.19. The van der Waals surface area contributed by atoms with Crippen molar-refractivity contribution in [2.24, 2.45) is 4.99 Å². The maximum atomic E-state index is 12.9. The zero-order valence-electron chi connectivity index (χ0n) is 14.6. The molecule has 1 amide bonds. The first-order valence-electron chi connectivity index (χ1n) is 9.02. The molecule has 0 radical (unpaired) electrons. The van der Waals surface area contributed by atoms with Crippen LogP contribution >= 0.6 is 15.9 Å². The van der Waals surface area contributed by atoms with Crippen molar-refractivity contribution in [1.82, 2.24) is 9.88 Å². The van der Waals surface area contributed by atoms with Gasteiger partial charge in [0, 0.05) is 64.8 Å². The fourth-order valence-corrected chi connectivity index (χ4v) is 4.17. The van der Waals surface area contributed by atoms with Crippen LogP contribution in [0.3, 0.4) is 0 Å². The Labute approximate surface area is 165 Å². The fraction of sp³-hybridized carbons (Fsp3) is 0.238. The summed E-state index contributed by atoms with van der Waals surface area (Å²) in [4.78, 5) is 22.7. The van der Waals surface area contributed by atoms with E-state index in [0.29, 0.717) is 25.9 Å². The minimum atomic E-state index is -0.553. The molecule has 0 aliphatic carbocycles. The van der Waals surface area contributed by atoms with Gasteiger partial charge in [0.05, 0.1) is 0 Å². The Balaban J connectivity index is 1.31. The number of ether oxygens (including phenoxy) is 1. The summed E-state index contributed by atoms with van der Waals surface area (Å²) < 4.78 is 7.24. The van der Waals surface area contributed by atoms with E-state index in [1.165, 1.54) is 0 Å². The number of benzene rings is 2. The van der Waals surface area contributed by atoms with Crippen LogP contribution in [-0.2, 0) is 0 Å². The number of carbonyl (C=O) groups excluding carboxylic acids is 1. The zero-order chi connectivity index (χ0) is 18.4. The van der Waals surface area contributed by atoms with E-state index in [1.54, 1.807) is 0 Å².